The van der Waals surface area contributed by atoms with E-state index in [0.717, 1.165) is 50.0 Å². The van der Waals surface area contributed by atoms with E-state index in [1.165, 1.54) is 92.5 Å². The summed E-state index contributed by atoms with van der Waals surface area (Å²) >= 11 is 0. The Hall–Kier alpha value is -3.28. The molecule has 0 radical (unpaired) electrons. The first kappa shape index (κ1) is 30.2. The average Bonchev–Trinajstić information content (AvgIpc) is 3.04. The van der Waals surface area contributed by atoms with E-state index >= 15 is 0 Å². The topological polar surface area (TPSA) is 34.2 Å². The quantitative estimate of drug-likeness (QED) is 0.213. The summed E-state index contributed by atoms with van der Waals surface area (Å²) in [6.45, 7) is 10.5. The van der Waals surface area contributed by atoms with Crippen molar-refractivity contribution in [3.8, 4) is 17.2 Å². The number of piperidine rings is 2. The monoisotopic (exact) mass is 568 g/mol. The Labute approximate surface area is 253 Å². The highest BCUT2D eigenvalue weighted by molar-refractivity contribution is 5.82. The molecule has 2 fully saturated rings. The van der Waals surface area contributed by atoms with Crippen LogP contribution in [0.1, 0.15) is 62.1 Å². The fourth-order valence-electron chi connectivity index (χ4n) is 6.22. The normalized spacial score (nSPS) is 16.1. The first-order chi connectivity index (χ1) is 20.7. The van der Waals surface area contributed by atoms with Crippen LogP contribution >= 0.6 is 0 Å². The lowest BCUT2D eigenvalue weighted by Crippen LogP contribution is -2.33. The summed E-state index contributed by atoms with van der Waals surface area (Å²) in [5, 5.41) is 0. The van der Waals surface area contributed by atoms with Crippen molar-refractivity contribution in [3.05, 3.63) is 95.1 Å². The molecule has 0 aromatic heterocycles. The number of ether oxygens (including phenoxy) is 3. The van der Waals surface area contributed by atoms with Crippen molar-refractivity contribution in [2.75, 3.05) is 59.6 Å². The zero-order chi connectivity index (χ0) is 29.0. The molecule has 5 nitrogen and oxygen atoms in total. The summed E-state index contributed by atoms with van der Waals surface area (Å²) in [5.41, 5.74) is 6.17. The summed E-state index contributed by atoms with van der Waals surface area (Å²) in [6, 6.07) is 25.6. The molecule has 0 aliphatic carbocycles. The molecule has 3 aromatic rings. The third-order valence-electron chi connectivity index (χ3n) is 8.57. The van der Waals surface area contributed by atoms with E-state index in [1.54, 1.807) is 7.11 Å². The maximum absolute atomic E-state index is 6.14. The van der Waals surface area contributed by atoms with Gasteiger partial charge in [-0.25, -0.2) is 0 Å². The van der Waals surface area contributed by atoms with E-state index in [4.69, 9.17) is 14.2 Å². The number of rotatable bonds is 13. The molecule has 0 atom stereocenters. The Balaban J connectivity index is 1.29. The van der Waals surface area contributed by atoms with Gasteiger partial charge < -0.3 is 14.2 Å². The van der Waals surface area contributed by atoms with E-state index in [0.29, 0.717) is 0 Å². The van der Waals surface area contributed by atoms with E-state index in [1.807, 2.05) is 6.07 Å². The van der Waals surface area contributed by atoms with Gasteiger partial charge in [0.25, 0.3) is 0 Å². The molecular formula is C37H48N2O3. The van der Waals surface area contributed by atoms with E-state index in [-0.39, 0.29) is 0 Å². The van der Waals surface area contributed by atoms with Gasteiger partial charge in [0, 0.05) is 13.1 Å². The van der Waals surface area contributed by atoms with Crippen LogP contribution < -0.4 is 14.2 Å². The predicted molar refractivity (Wildman–Crippen MR) is 173 cm³/mol. The minimum absolute atomic E-state index is 0.732. The minimum Gasteiger partial charge on any atom is -0.497 e. The van der Waals surface area contributed by atoms with Crippen LogP contribution in [0.5, 0.6) is 17.2 Å². The first-order valence-electron chi connectivity index (χ1n) is 15.9. The zero-order valence-electron chi connectivity index (χ0n) is 25.7. The van der Waals surface area contributed by atoms with Gasteiger partial charge in [0.15, 0.2) is 0 Å². The van der Waals surface area contributed by atoms with Crippen LogP contribution in [0.15, 0.2) is 78.4 Å². The molecule has 2 saturated heterocycles. The molecular weight excluding hydrogens is 520 g/mol. The third-order valence-corrected chi connectivity index (χ3v) is 8.57. The Morgan fingerprint density at radius 3 is 1.60 bits per heavy atom. The number of hydrogen-bond acceptors (Lipinski definition) is 5. The van der Waals surface area contributed by atoms with Gasteiger partial charge in [0.05, 0.1) is 7.11 Å². The summed E-state index contributed by atoms with van der Waals surface area (Å²) < 4.78 is 17.8. The van der Waals surface area contributed by atoms with E-state index in [2.05, 4.69) is 83.5 Å². The van der Waals surface area contributed by atoms with Crippen molar-refractivity contribution in [3.63, 3.8) is 0 Å². The van der Waals surface area contributed by atoms with Crippen LogP contribution in [0.4, 0.5) is 0 Å². The fraction of sp³-hybridized carbons (Fsp3) is 0.459. The predicted octanol–water partition coefficient (Wildman–Crippen LogP) is 7.49. The molecule has 224 valence electrons. The Morgan fingerprint density at radius 2 is 1.12 bits per heavy atom. The van der Waals surface area contributed by atoms with Crippen LogP contribution in [0, 0.1) is 0 Å². The molecule has 2 heterocycles. The molecule has 0 saturated carbocycles. The number of nitrogens with zero attached hydrogens (tertiary/aromatic N) is 2. The maximum Gasteiger partial charge on any atom is 0.119 e. The zero-order valence-corrected chi connectivity index (χ0v) is 25.7. The lowest BCUT2D eigenvalue weighted by molar-refractivity contribution is 0.183. The summed E-state index contributed by atoms with van der Waals surface area (Å²) in [6.07, 6.45) is 8.81. The molecule has 42 heavy (non-hydrogen) atoms. The molecule has 0 spiro atoms. The molecule has 0 unspecified atom stereocenters. The lowest BCUT2D eigenvalue weighted by atomic mass is 9.90. The largest absolute Gasteiger partial charge is 0.497 e. The van der Waals surface area contributed by atoms with Gasteiger partial charge in [-0.1, -0.05) is 54.8 Å². The molecule has 2 aliphatic heterocycles. The Bertz CT molecular complexity index is 1190. The Kier molecular flexibility index (Phi) is 11.4. The molecule has 0 N–H and O–H groups in total. The summed E-state index contributed by atoms with van der Waals surface area (Å²) in [7, 11) is 1.72. The summed E-state index contributed by atoms with van der Waals surface area (Å²) in [5.74, 6) is 2.75. The average molecular weight is 569 g/mol. The van der Waals surface area contributed by atoms with Crippen molar-refractivity contribution < 1.29 is 14.2 Å². The highest BCUT2D eigenvalue weighted by Crippen LogP contribution is 2.31. The molecule has 0 amide bonds. The van der Waals surface area contributed by atoms with Crippen molar-refractivity contribution >= 4 is 5.57 Å². The molecule has 5 rings (SSSR count). The van der Waals surface area contributed by atoms with Crippen LogP contribution in [-0.2, 0) is 6.42 Å². The second-order valence-electron chi connectivity index (χ2n) is 11.7. The first-order valence-corrected chi connectivity index (χ1v) is 15.9. The number of benzene rings is 3. The molecule has 2 aliphatic rings. The number of methoxy groups -OCH3 is 1. The van der Waals surface area contributed by atoms with Gasteiger partial charge in [-0.15, -0.1) is 0 Å². The van der Waals surface area contributed by atoms with E-state index < -0.39 is 0 Å². The second-order valence-corrected chi connectivity index (χ2v) is 11.7. The van der Waals surface area contributed by atoms with Crippen molar-refractivity contribution in [1.82, 2.24) is 9.80 Å². The van der Waals surface area contributed by atoms with Crippen molar-refractivity contribution in [2.45, 2.75) is 51.9 Å². The maximum atomic E-state index is 6.14. The van der Waals surface area contributed by atoms with Crippen molar-refractivity contribution in [2.24, 2.45) is 0 Å². The van der Waals surface area contributed by atoms with Crippen LogP contribution in [0.3, 0.4) is 0 Å². The van der Waals surface area contributed by atoms with Crippen molar-refractivity contribution in [1.29, 1.82) is 0 Å². The Morgan fingerprint density at radius 1 is 0.619 bits per heavy atom. The highest BCUT2D eigenvalue weighted by atomic mass is 16.5. The van der Waals surface area contributed by atoms with Gasteiger partial charge in [0.2, 0.25) is 0 Å². The fourth-order valence-corrected chi connectivity index (χ4v) is 6.22. The van der Waals surface area contributed by atoms with E-state index in [9.17, 15) is 0 Å². The highest BCUT2D eigenvalue weighted by Gasteiger charge is 2.14. The molecule has 5 heteroatoms. The molecule has 0 bridgehead atoms. The van der Waals surface area contributed by atoms with Crippen LogP contribution in [0.2, 0.25) is 0 Å². The SMILES string of the molecule is COc1cccc(CC(C)=C(c2ccc(OCCN3CCCCC3)cc2)c2ccc(OCCN3CCCCC3)cc2)c1. The second kappa shape index (κ2) is 15.8. The smallest absolute Gasteiger partial charge is 0.119 e. The number of likely N-dealkylation sites (tertiary alicyclic amines) is 2. The third kappa shape index (κ3) is 8.86. The number of allylic oxidation sites excluding steroid dienone is 1. The minimum atomic E-state index is 0.732. The number of hydrogen-bond donors (Lipinski definition) is 0. The van der Waals surface area contributed by atoms with Gasteiger partial charge >= 0.3 is 0 Å². The van der Waals surface area contributed by atoms with Gasteiger partial charge in [-0.3, -0.25) is 9.80 Å². The van der Waals surface area contributed by atoms with Gasteiger partial charge in [-0.2, -0.15) is 0 Å². The summed E-state index contributed by atoms with van der Waals surface area (Å²) in [4.78, 5) is 5.03. The standard InChI is InChI=1S/C37H48N2O3/c1-30(28-31-10-9-11-36(29-31)40-2)37(32-12-16-34(17-13-32)41-26-24-38-20-5-3-6-21-38)33-14-18-35(19-15-33)42-27-25-39-22-7-4-8-23-39/h9-19,29H,3-8,20-28H2,1-2H3. The van der Waals surface area contributed by atoms with Crippen LogP contribution in [0.25, 0.3) is 5.57 Å². The lowest BCUT2D eigenvalue weighted by Gasteiger charge is -2.26. The van der Waals surface area contributed by atoms with Gasteiger partial charge in [-0.05, 0) is 124 Å². The molecule has 3 aromatic carbocycles. The van der Waals surface area contributed by atoms with Crippen LogP contribution in [-0.4, -0.2) is 69.4 Å². The van der Waals surface area contributed by atoms with Gasteiger partial charge in [0.1, 0.15) is 30.5 Å².